The fourth-order valence-corrected chi connectivity index (χ4v) is 2.71. The van der Waals surface area contributed by atoms with Gasteiger partial charge < -0.3 is 15.2 Å². The molecule has 2 N–H and O–H groups in total. The van der Waals surface area contributed by atoms with E-state index in [0.717, 1.165) is 0 Å². The van der Waals surface area contributed by atoms with E-state index in [1.54, 1.807) is 18.2 Å². The number of carboxylic acids is 1. The molecule has 5 nitrogen and oxygen atoms in total. The van der Waals surface area contributed by atoms with Crippen LogP contribution in [0.25, 0.3) is 0 Å². The number of benzene rings is 1. The van der Waals surface area contributed by atoms with Gasteiger partial charge in [-0.15, -0.1) is 0 Å². The largest absolute Gasteiger partial charge is 0.480 e. The van der Waals surface area contributed by atoms with Gasteiger partial charge in [-0.25, -0.2) is 4.79 Å². The Balaban J connectivity index is 2.09. The van der Waals surface area contributed by atoms with Crippen molar-refractivity contribution in [2.75, 3.05) is 13.2 Å². The van der Waals surface area contributed by atoms with Gasteiger partial charge in [-0.3, -0.25) is 4.79 Å². The van der Waals surface area contributed by atoms with Crippen molar-refractivity contribution >= 4 is 35.1 Å². The standard InChI is InChI=1S/C14H15Cl2NO4/c15-10-2-1-3-11(16)9(10)6-12(14(19)20)17-13(18)8-4-5-21-7-8/h1-3,8,12H,4-7H2,(H,17,18)(H,19,20)/t8-,12-/m0/s1. The monoisotopic (exact) mass is 331 g/mol. The van der Waals surface area contributed by atoms with E-state index in [0.29, 0.717) is 35.2 Å². The summed E-state index contributed by atoms with van der Waals surface area (Å²) in [4.78, 5) is 23.3. The number of hydrogen-bond donors (Lipinski definition) is 2. The van der Waals surface area contributed by atoms with E-state index in [1.165, 1.54) is 0 Å². The van der Waals surface area contributed by atoms with E-state index < -0.39 is 12.0 Å². The predicted octanol–water partition coefficient (Wildman–Crippen LogP) is 2.14. The Kier molecular flexibility index (Phi) is 5.45. The number of carbonyl (C=O) groups excluding carboxylic acids is 1. The molecule has 0 radical (unpaired) electrons. The van der Waals surface area contributed by atoms with Gasteiger partial charge >= 0.3 is 5.97 Å². The van der Waals surface area contributed by atoms with E-state index in [2.05, 4.69) is 5.32 Å². The molecule has 1 aliphatic heterocycles. The molecular weight excluding hydrogens is 317 g/mol. The van der Waals surface area contributed by atoms with Gasteiger partial charge in [-0.2, -0.15) is 0 Å². The Morgan fingerprint density at radius 3 is 2.57 bits per heavy atom. The van der Waals surface area contributed by atoms with Crippen LogP contribution in [-0.4, -0.2) is 36.2 Å². The minimum atomic E-state index is -1.13. The maximum atomic E-state index is 12.0. The van der Waals surface area contributed by atoms with Crippen LogP contribution in [-0.2, 0) is 20.7 Å². The number of amides is 1. The molecule has 0 bridgehead atoms. The first kappa shape index (κ1) is 16.1. The van der Waals surface area contributed by atoms with Crippen molar-refractivity contribution < 1.29 is 19.4 Å². The third-order valence-electron chi connectivity index (χ3n) is 3.38. The molecule has 1 heterocycles. The van der Waals surface area contributed by atoms with Crippen molar-refractivity contribution in [2.45, 2.75) is 18.9 Å². The molecule has 0 spiro atoms. The molecule has 21 heavy (non-hydrogen) atoms. The van der Waals surface area contributed by atoms with E-state index in [1.807, 2.05) is 0 Å². The SMILES string of the molecule is O=C(N[C@@H](Cc1c(Cl)cccc1Cl)C(=O)O)[C@H]1CCOC1. The van der Waals surface area contributed by atoms with Crippen molar-refractivity contribution in [3.05, 3.63) is 33.8 Å². The summed E-state index contributed by atoms with van der Waals surface area (Å²) in [6, 6.07) is 3.87. The lowest BCUT2D eigenvalue weighted by atomic mass is 10.0. The second kappa shape index (κ2) is 7.11. The van der Waals surface area contributed by atoms with Crippen LogP contribution in [0.1, 0.15) is 12.0 Å². The molecular formula is C14H15Cl2NO4. The first-order valence-corrected chi connectivity index (χ1v) is 7.28. The zero-order valence-corrected chi connectivity index (χ0v) is 12.7. The van der Waals surface area contributed by atoms with Crippen molar-refractivity contribution in [3.63, 3.8) is 0 Å². The lowest BCUT2D eigenvalue weighted by Gasteiger charge is -2.18. The molecule has 1 fully saturated rings. The van der Waals surface area contributed by atoms with Gasteiger partial charge in [-0.05, 0) is 24.1 Å². The van der Waals surface area contributed by atoms with Crippen LogP contribution in [0.15, 0.2) is 18.2 Å². The van der Waals surface area contributed by atoms with Gasteiger partial charge in [0, 0.05) is 23.1 Å². The highest BCUT2D eigenvalue weighted by Crippen LogP contribution is 2.25. The van der Waals surface area contributed by atoms with Crippen LogP contribution >= 0.6 is 23.2 Å². The summed E-state index contributed by atoms with van der Waals surface area (Å²) in [5.74, 6) is -1.74. The fourth-order valence-electron chi connectivity index (χ4n) is 2.16. The van der Waals surface area contributed by atoms with Crippen molar-refractivity contribution in [2.24, 2.45) is 5.92 Å². The molecule has 1 amide bonds. The first-order valence-electron chi connectivity index (χ1n) is 6.53. The zero-order valence-electron chi connectivity index (χ0n) is 11.1. The number of aliphatic carboxylic acids is 1. The summed E-state index contributed by atoms with van der Waals surface area (Å²) < 4.78 is 5.13. The summed E-state index contributed by atoms with van der Waals surface area (Å²) in [6.45, 7) is 0.844. The highest BCUT2D eigenvalue weighted by Gasteiger charge is 2.28. The summed E-state index contributed by atoms with van der Waals surface area (Å²) in [5, 5.41) is 12.6. The molecule has 2 rings (SSSR count). The number of rotatable bonds is 5. The highest BCUT2D eigenvalue weighted by molar-refractivity contribution is 6.36. The third-order valence-corrected chi connectivity index (χ3v) is 4.09. The number of ether oxygens (including phenoxy) is 1. The fraction of sp³-hybridized carbons (Fsp3) is 0.429. The summed E-state index contributed by atoms with van der Waals surface area (Å²) in [5.41, 5.74) is 0.510. The summed E-state index contributed by atoms with van der Waals surface area (Å²) in [7, 11) is 0. The quantitative estimate of drug-likeness (QED) is 0.866. The minimum absolute atomic E-state index is 0.0349. The Labute approximate surface area is 132 Å². The van der Waals surface area contributed by atoms with Gasteiger partial charge in [0.1, 0.15) is 6.04 Å². The number of nitrogens with one attached hydrogen (secondary N) is 1. The molecule has 0 unspecified atom stereocenters. The normalized spacial score (nSPS) is 19.2. The van der Waals surface area contributed by atoms with Gasteiger partial charge in [-0.1, -0.05) is 29.3 Å². The van der Waals surface area contributed by atoms with Crippen molar-refractivity contribution in [3.8, 4) is 0 Å². The smallest absolute Gasteiger partial charge is 0.326 e. The first-order chi connectivity index (χ1) is 9.99. The Hall–Kier alpha value is -1.30. The van der Waals surface area contributed by atoms with Gasteiger partial charge in [0.2, 0.25) is 5.91 Å². The van der Waals surface area contributed by atoms with Crippen LogP contribution in [0.2, 0.25) is 10.0 Å². The summed E-state index contributed by atoms with van der Waals surface area (Å²) >= 11 is 12.1. The predicted molar refractivity (Wildman–Crippen MR) is 78.7 cm³/mol. The lowest BCUT2D eigenvalue weighted by molar-refractivity contribution is -0.142. The second-order valence-electron chi connectivity index (χ2n) is 4.86. The zero-order chi connectivity index (χ0) is 15.4. The molecule has 114 valence electrons. The Morgan fingerprint density at radius 1 is 1.38 bits per heavy atom. The average molecular weight is 332 g/mol. The molecule has 1 aromatic rings. The number of carboxylic acid groups (broad SMARTS) is 1. The Morgan fingerprint density at radius 2 is 2.05 bits per heavy atom. The molecule has 1 aliphatic rings. The van der Waals surface area contributed by atoms with Crippen molar-refractivity contribution in [1.29, 1.82) is 0 Å². The minimum Gasteiger partial charge on any atom is -0.480 e. The van der Waals surface area contributed by atoms with E-state index in [-0.39, 0.29) is 18.2 Å². The topological polar surface area (TPSA) is 75.6 Å². The maximum Gasteiger partial charge on any atom is 0.326 e. The van der Waals surface area contributed by atoms with Gasteiger partial charge in [0.25, 0.3) is 0 Å². The number of halogens is 2. The molecule has 1 saturated heterocycles. The molecule has 0 aliphatic carbocycles. The molecule has 0 saturated carbocycles. The van der Waals surface area contributed by atoms with Crippen LogP contribution in [0.4, 0.5) is 0 Å². The van der Waals surface area contributed by atoms with Crippen LogP contribution in [0.3, 0.4) is 0 Å². The van der Waals surface area contributed by atoms with E-state index in [4.69, 9.17) is 27.9 Å². The van der Waals surface area contributed by atoms with E-state index >= 15 is 0 Å². The number of carbonyl (C=O) groups is 2. The Bertz CT molecular complexity index is 524. The summed E-state index contributed by atoms with van der Waals surface area (Å²) in [6.07, 6.45) is 0.637. The number of hydrogen-bond acceptors (Lipinski definition) is 3. The van der Waals surface area contributed by atoms with Gasteiger partial charge in [0.05, 0.1) is 12.5 Å². The maximum absolute atomic E-state index is 12.0. The molecule has 1 aromatic carbocycles. The van der Waals surface area contributed by atoms with Crippen molar-refractivity contribution in [1.82, 2.24) is 5.32 Å². The molecule has 0 aromatic heterocycles. The molecule has 7 heteroatoms. The highest BCUT2D eigenvalue weighted by atomic mass is 35.5. The van der Waals surface area contributed by atoms with E-state index in [9.17, 15) is 14.7 Å². The third kappa shape index (κ3) is 4.09. The van der Waals surface area contributed by atoms with Crippen LogP contribution in [0, 0.1) is 5.92 Å². The van der Waals surface area contributed by atoms with Crippen LogP contribution < -0.4 is 5.32 Å². The molecule has 2 atom stereocenters. The van der Waals surface area contributed by atoms with Gasteiger partial charge in [0.15, 0.2) is 0 Å². The second-order valence-corrected chi connectivity index (χ2v) is 5.68. The lowest BCUT2D eigenvalue weighted by Crippen LogP contribution is -2.45. The van der Waals surface area contributed by atoms with Crippen LogP contribution in [0.5, 0.6) is 0 Å². The average Bonchev–Trinajstić information content (AvgIpc) is 2.95.